The van der Waals surface area contributed by atoms with Crippen LogP contribution in [0, 0.1) is 18.6 Å². The smallest absolute Gasteiger partial charge is 0.203 e. The largest absolute Gasteiger partial charge is 0.450 e. The van der Waals surface area contributed by atoms with Crippen LogP contribution < -0.4 is 10.2 Å². The average molecular weight is 327 g/mol. The third-order valence-electron chi connectivity index (χ3n) is 4.15. The number of aromatic nitrogens is 1. The van der Waals surface area contributed by atoms with E-state index in [-0.39, 0.29) is 33.6 Å². The Hall–Kier alpha value is -3.02. The number of halogens is 2. The molecule has 1 aromatic heterocycles. The maximum Gasteiger partial charge on any atom is 0.203 e. The molecule has 2 aromatic carbocycles. The van der Waals surface area contributed by atoms with E-state index in [4.69, 9.17) is 4.74 Å². The fourth-order valence-electron chi connectivity index (χ4n) is 2.94. The number of nitrogens with zero attached hydrogens (tertiary/aromatic N) is 1. The lowest BCUT2D eigenvalue weighted by molar-refractivity contribution is 0.101. The molecule has 1 aliphatic rings. The highest BCUT2D eigenvalue weighted by Gasteiger charge is 2.27. The molecule has 0 saturated heterocycles. The van der Waals surface area contributed by atoms with E-state index in [0.29, 0.717) is 16.8 Å². The zero-order valence-electron chi connectivity index (χ0n) is 12.8. The first-order valence-electron chi connectivity index (χ1n) is 7.25. The maximum atomic E-state index is 14.2. The highest BCUT2D eigenvalue weighted by atomic mass is 19.2. The topological polar surface area (TPSA) is 48.3 Å². The molecule has 0 bridgehead atoms. The van der Waals surface area contributed by atoms with E-state index in [1.54, 1.807) is 29.8 Å². The van der Waals surface area contributed by atoms with Crippen molar-refractivity contribution in [3.8, 4) is 17.2 Å². The summed E-state index contributed by atoms with van der Waals surface area (Å²) < 4.78 is 35.2. The summed E-state index contributed by atoms with van der Waals surface area (Å²) in [5.74, 6) is -2.62. The first-order valence-corrected chi connectivity index (χ1v) is 7.25. The van der Waals surface area contributed by atoms with Gasteiger partial charge in [0.05, 0.1) is 11.1 Å². The van der Waals surface area contributed by atoms with E-state index < -0.39 is 11.6 Å². The minimum Gasteiger partial charge on any atom is -0.450 e. The first-order chi connectivity index (χ1) is 11.4. The molecule has 0 aliphatic carbocycles. The van der Waals surface area contributed by atoms with Crippen molar-refractivity contribution in [1.29, 1.82) is 0 Å². The van der Waals surface area contributed by atoms with E-state index in [2.05, 4.69) is 0 Å². The Kier molecular flexibility index (Phi) is 2.87. The van der Waals surface area contributed by atoms with Crippen LogP contribution in [0.25, 0.3) is 16.6 Å². The number of rotatable bonds is 1. The van der Waals surface area contributed by atoms with Gasteiger partial charge in [-0.15, -0.1) is 0 Å². The number of ether oxygens (including phenoxy) is 1. The molecule has 0 amide bonds. The Bertz CT molecular complexity index is 1120. The summed E-state index contributed by atoms with van der Waals surface area (Å²) in [6.45, 7) is 3.01. The number of Topliss-reactive ketones (excluding diaryl/α,β-unsaturated/α-hetero) is 1. The number of fused-ring (bicyclic) bond motifs is 2. The second kappa shape index (κ2) is 4.74. The standard InChI is InChI=1S/C18H11F2NO3/c1-8-7-21-13-4-3-10(9(2)22)5-14(13)24-18-15(20)12(19)6-11(16(18)21)17(8)23/h3-7H,1-2H3. The molecule has 6 heteroatoms. The lowest BCUT2D eigenvalue weighted by atomic mass is 10.1. The van der Waals surface area contributed by atoms with Gasteiger partial charge in [-0.2, -0.15) is 4.39 Å². The van der Waals surface area contributed by atoms with Gasteiger partial charge in [-0.1, -0.05) is 0 Å². The number of carbonyl (C=O) groups is 1. The van der Waals surface area contributed by atoms with Crippen molar-refractivity contribution in [2.75, 3.05) is 0 Å². The summed E-state index contributed by atoms with van der Waals surface area (Å²) in [4.78, 5) is 23.8. The van der Waals surface area contributed by atoms with Crippen LogP contribution in [0.5, 0.6) is 11.5 Å². The van der Waals surface area contributed by atoms with Gasteiger partial charge in [0, 0.05) is 17.3 Å². The molecule has 0 radical (unpaired) electrons. The van der Waals surface area contributed by atoms with E-state index in [1.807, 2.05) is 0 Å². The zero-order valence-corrected chi connectivity index (χ0v) is 12.8. The Morgan fingerprint density at radius 2 is 1.96 bits per heavy atom. The van der Waals surface area contributed by atoms with Gasteiger partial charge in [-0.05, 0) is 38.1 Å². The third kappa shape index (κ3) is 1.83. The maximum absolute atomic E-state index is 14.2. The molecule has 24 heavy (non-hydrogen) atoms. The number of carbonyl (C=O) groups excluding carboxylic acids is 1. The van der Waals surface area contributed by atoms with Gasteiger partial charge in [0.1, 0.15) is 5.52 Å². The summed E-state index contributed by atoms with van der Waals surface area (Å²) >= 11 is 0. The van der Waals surface area contributed by atoms with Crippen molar-refractivity contribution in [2.45, 2.75) is 13.8 Å². The summed E-state index contributed by atoms with van der Waals surface area (Å²) in [6, 6.07) is 5.64. The Morgan fingerprint density at radius 3 is 2.67 bits per heavy atom. The van der Waals surface area contributed by atoms with Gasteiger partial charge < -0.3 is 9.30 Å². The molecule has 4 rings (SSSR count). The molecule has 0 saturated carbocycles. The number of aryl methyl sites for hydroxylation is 1. The molecule has 0 spiro atoms. The normalized spacial score (nSPS) is 12.0. The van der Waals surface area contributed by atoms with E-state index in [0.717, 1.165) is 6.07 Å². The van der Waals surface area contributed by atoms with Crippen molar-refractivity contribution in [1.82, 2.24) is 4.57 Å². The lowest BCUT2D eigenvalue weighted by Crippen LogP contribution is -2.17. The van der Waals surface area contributed by atoms with Crippen LogP contribution in [-0.4, -0.2) is 10.4 Å². The van der Waals surface area contributed by atoms with E-state index in [9.17, 15) is 18.4 Å². The monoisotopic (exact) mass is 327 g/mol. The summed E-state index contributed by atoms with van der Waals surface area (Å²) in [6.07, 6.45) is 1.56. The van der Waals surface area contributed by atoms with Crippen molar-refractivity contribution >= 4 is 16.7 Å². The number of hydrogen-bond donors (Lipinski definition) is 0. The summed E-state index contributed by atoms with van der Waals surface area (Å²) in [7, 11) is 0. The third-order valence-corrected chi connectivity index (χ3v) is 4.15. The fourth-order valence-corrected chi connectivity index (χ4v) is 2.94. The molecular weight excluding hydrogens is 316 g/mol. The number of ketones is 1. The Morgan fingerprint density at radius 1 is 1.21 bits per heavy atom. The van der Waals surface area contributed by atoms with Crippen LogP contribution in [0.1, 0.15) is 22.8 Å². The molecule has 0 N–H and O–H groups in total. The predicted octanol–water partition coefficient (Wildman–Crippen LogP) is 3.89. The minimum atomic E-state index is -1.17. The Labute approximate surface area is 134 Å². The van der Waals surface area contributed by atoms with Gasteiger partial charge in [0.25, 0.3) is 0 Å². The quantitative estimate of drug-likeness (QED) is 0.498. The predicted molar refractivity (Wildman–Crippen MR) is 84.3 cm³/mol. The lowest BCUT2D eigenvalue weighted by Gasteiger charge is -2.24. The number of hydrogen-bond acceptors (Lipinski definition) is 3. The van der Waals surface area contributed by atoms with Crippen LogP contribution in [0.15, 0.2) is 35.3 Å². The first kappa shape index (κ1) is 14.6. The zero-order chi connectivity index (χ0) is 17.2. The molecule has 120 valence electrons. The molecule has 1 aliphatic heterocycles. The molecule has 0 atom stereocenters. The average Bonchev–Trinajstić information content (AvgIpc) is 2.55. The number of pyridine rings is 1. The van der Waals surface area contributed by atoms with Gasteiger partial charge in [-0.25, -0.2) is 4.39 Å². The van der Waals surface area contributed by atoms with Gasteiger partial charge >= 0.3 is 0 Å². The van der Waals surface area contributed by atoms with Crippen molar-refractivity contribution in [2.24, 2.45) is 0 Å². The van der Waals surface area contributed by atoms with E-state index >= 15 is 0 Å². The number of benzene rings is 2. The van der Waals surface area contributed by atoms with Gasteiger partial charge in [0.15, 0.2) is 28.5 Å². The Balaban J connectivity index is 2.18. The molecule has 4 nitrogen and oxygen atoms in total. The molecule has 2 heterocycles. The van der Waals surface area contributed by atoms with Crippen LogP contribution in [0.2, 0.25) is 0 Å². The van der Waals surface area contributed by atoms with Crippen LogP contribution >= 0.6 is 0 Å². The highest BCUT2D eigenvalue weighted by molar-refractivity contribution is 5.96. The molecular formula is C18H11F2NO3. The fraction of sp³-hybridized carbons (Fsp3) is 0.111. The summed E-state index contributed by atoms with van der Waals surface area (Å²) in [5.41, 5.74) is 1.12. The van der Waals surface area contributed by atoms with Crippen molar-refractivity contribution < 1.29 is 18.3 Å². The van der Waals surface area contributed by atoms with Crippen molar-refractivity contribution in [3.63, 3.8) is 0 Å². The SMILES string of the molecule is CC(=O)c1ccc2c(c1)Oc1c(F)c(F)cc3c(=O)c(C)cn-2c13. The van der Waals surface area contributed by atoms with Crippen LogP contribution in [0.3, 0.4) is 0 Å². The van der Waals surface area contributed by atoms with E-state index in [1.165, 1.54) is 13.0 Å². The molecule has 0 unspecified atom stereocenters. The van der Waals surface area contributed by atoms with Crippen LogP contribution in [-0.2, 0) is 0 Å². The van der Waals surface area contributed by atoms with Crippen LogP contribution in [0.4, 0.5) is 8.78 Å². The van der Waals surface area contributed by atoms with Gasteiger partial charge in [-0.3, -0.25) is 9.59 Å². The molecule has 3 aromatic rings. The van der Waals surface area contributed by atoms with Crippen molar-refractivity contribution in [3.05, 3.63) is 63.4 Å². The second-order valence-electron chi connectivity index (χ2n) is 5.75. The summed E-state index contributed by atoms with van der Waals surface area (Å²) in [5, 5.41) is 0.0465. The second-order valence-corrected chi connectivity index (χ2v) is 5.75. The highest BCUT2D eigenvalue weighted by Crippen LogP contribution is 2.42. The molecule has 0 fully saturated rings. The minimum absolute atomic E-state index is 0.0465. The van der Waals surface area contributed by atoms with Gasteiger partial charge in [0.2, 0.25) is 5.82 Å².